The first kappa shape index (κ1) is 13.9. The molecular weight excluding hydrogens is 252 g/mol. The highest BCUT2D eigenvalue weighted by molar-refractivity contribution is 6.00. The summed E-state index contributed by atoms with van der Waals surface area (Å²) in [7, 11) is 1.88. The Morgan fingerprint density at radius 1 is 1.15 bits per heavy atom. The van der Waals surface area contributed by atoms with Crippen molar-refractivity contribution in [2.24, 2.45) is 0 Å². The van der Waals surface area contributed by atoms with Gasteiger partial charge in [-0.2, -0.15) is 0 Å². The van der Waals surface area contributed by atoms with Crippen LogP contribution < -0.4 is 10.6 Å². The van der Waals surface area contributed by atoms with Gasteiger partial charge in [-0.05, 0) is 31.2 Å². The van der Waals surface area contributed by atoms with Crippen LogP contribution in [0.15, 0.2) is 48.5 Å². The van der Waals surface area contributed by atoms with Gasteiger partial charge < -0.3 is 15.4 Å². The van der Waals surface area contributed by atoms with Gasteiger partial charge in [-0.25, -0.2) is 4.79 Å². The van der Waals surface area contributed by atoms with Crippen LogP contribution in [-0.4, -0.2) is 19.6 Å². The van der Waals surface area contributed by atoms with E-state index in [4.69, 9.17) is 10.5 Å². The number of anilines is 3. The number of carbonyl (C=O) groups is 1. The molecule has 4 heteroatoms. The summed E-state index contributed by atoms with van der Waals surface area (Å²) in [5.41, 5.74) is 8.68. The highest BCUT2D eigenvalue weighted by Gasteiger charge is 2.18. The summed E-state index contributed by atoms with van der Waals surface area (Å²) >= 11 is 0. The van der Waals surface area contributed by atoms with Gasteiger partial charge in [-0.15, -0.1) is 0 Å². The molecule has 0 bridgehead atoms. The quantitative estimate of drug-likeness (QED) is 0.684. The second-order valence-electron chi connectivity index (χ2n) is 4.36. The average molecular weight is 270 g/mol. The summed E-state index contributed by atoms with van der Waals surface area (Å²) in [5, 5.41) is 0. The van der Waals surface area contributed by atoms with Crippen LogP contribution in [-0.2, 0) is 4.74 Å². The number of nitrogens with zero attached hydrogens (tertiary/aromatic N) is 1. The number of benzene rings is 2. The molecule has 20 heavy (non-hydrogen) atoms. The summed E-state index contributed by atoms with van der Waals surface area (Å²) in [6.45, 7) is 2.12. The monoisotopic (exact) mass is 270 g/mol. The number of carbonyl (C=O) groups excluding carboxylic acids is 1. The van der Waals surface area contributed by atoms with Crippen LogP contribution in [0.2, 0.25) is 0 Å². The Balaban J connectivity index is 2.47. The number of rotatable bonds is 4. The second kappa shape index (κ2) is 6.10. The molecule has 0 unspecified atom stereocenters. The molecule has 2 aromatic rings. The van der Waals surface area contributed by atoms with Gasteiger partial charge in [0.05, 0.1) is 23.5 Å². The fourth-order valence-electron chi connectivity index (χ4n) is 2.09. The third kappa shape index (κ3) is 2.74. The lowest BCUT2D eigenvalue weighted by molar-refractivity contribution is 0.0527. The standard InChI is InChI=1S/C16H18N2O2/c1-3-20-16(19)13-10-7-11-14(17)15(13)18(2)12-8-5-4-6-9-12/h4-11H,3,17H2,1-2H3. The lowest BCUT2D eigenvalue weighted by Crippen LogP contribution is -2.17. The Bertz CT molecular complexity index is 597. The number of hydrogen-bond donors (Lipinski definition) is 1. The number of esters is 1. The topological polar surface area (TPSA) is 55.6 Å². The highest BCUT2D eigenvalue weighted by Crippen LogP contribution is 2.32. The predicted octanol–water partition coefficient (Wildman–Crippen LogP) is 3.21. The Morgan fingerprint density at radius 3 is 2.50 bits per heavy atom. The Hall–Kier alpha value is -2.49. The largest absolute Gasteiger partial charge is 0.462 e. The molecule has 0 saturated carbocycles. The van der Waals surface area contributed by atoms with E-state index in [1.165, 1.54) is 0 Å². The molecule has 0 saturated heterocycles. The second-order valence-corrected chi connectivity index (χ2v) is 4.36. The smallest absolute Gasteiger partial charge is 0.340 e. The average Bonchev–Trinajstić information content (AvgIpc) is 2.47. The van der Waals surface area contributed by atoms with Crippen LogP contribution in [0, 0.1) is 0 Å². The van der Waals surface area contributed by atoms with Crippen molar-refractivity contribution in [2.75, 3.05) is 24.3 Å². The Kier molecular flexibility index (Phi) is 4.25. The van der Waals surface area contributed by atoms with E-state index in [-0.39, 0.29) is 5.97 Å². The van der Waals surface area contributed by atoms with E-state index in [1.54, 1.807) is 25.1 Å². The number of para-hydroxylation sites is 2. The molecule has 104 valence electrons. The van der Waals surface area contributed by atoms with Crippen LogP contribution >= 0.6 is 0 Å². The van der Waals surface area contributed by atoms with E-state index in [1.807, 2.05) is 42.3 Å². The van der Waals surface area contributed by atoms with Gasteiger partial charge in [-0.1, -0.05) is 24.3 Å². The molecule has 4 nitrogen and oxygen atoms in total. The highest BCUT2D eigenvalue weighted by atomic mass is 16.5. The molecule has 0 aliphatic rings. The normalized spacial score (nSPS) is 10.1. The molecule has 0 aliphatic heterocycles. The molecule has 2 aromatic carbocycles. The van der Waals surface area contributed by atoms with Gasteiger partial charge in [-0.3, -0.25) is 0 Å². The number of hydrogen-bond acceptors (Lipinski definition) is 4. The zero-order valence-electron chi connectivity index (χ0n) is 11.7. The van der Waals surface area contributed by atoms with Gasteiger partial charge in [0.25, 0.3) is 0 Å². The first-order valence-corrected chi connectivity index (χ1v) is 6.49. The third-order valence-corrected chi connectivity index (χ3v) is 3.04. The van der Waals surface area contributed by atoms with Gasteiger partial charge in [0.1, 0.15) is 0 Å². The third-order valence-electron chi connectivity index (χ3n) is 3.04. The van der Waals surface area contributed by atoms with Crippen LogP contribution in [0.5, 0.6) is 0 Å². The molecule has 2 N–H and O–H groups in total. The van der Waals surface area contributed by atoms with Crippen LogP contribution in [0.3, 0.4) is 0 Å². The van der Waals surface area contributed by atoms with Crippen molar-refractivity contribution in [3.8, 4) is 0 Å². The van der Waals surface area contributed by atoms with Crippen molar-refractivity contribution in [3.63, 3.8) is 0 Å². The first-order chi connectivity index (χ1) is 9.65. The zero-order valence-corrected chi connectivity index (χ0v) is 11.7. The minimum atomic E-state index is -0.363. The van der Waals surface area contributed by atoms with Crippen molar-refractivity contribution in [2.45, 2.75) is 6.92 Å². The molecule has 0 aliphatic carbocycles. The fraction of sp³-hybridized carbons (Fsp3) is 0.188. The maximum Gasteiger partial charge on any atom is 0.340 e. The van der Waals surface area contributed by atoms with E-state index in [2.05, 4.69) is 0 Å². The summed E-state index contributed by atoms with van der Waals surface area (Å²) in [5.74, 6) is -0.363. The molecule has 0 spiro atoms. The Morgan fingerprint density at radius 2 is 1.85 bits per heavy atom. The van der Waals surface area contributed by atoms with Crippen molar-refractivity contribution in [1.29, 1.82) is 0 Å². The number of ether oxygens (including phenoxy) is 1. The number of nitrogen functional groups attached to an aromatic ring is 1. The maximum absolute atomic E-state index is 12.0. The molecule has 0 fully saturated rings. The van der Waals surface area contributed by atoms with Crippen molar-refractivity contribution in [3.05, 3.63) is 54.1 Å². The lowest BCUT2D eigenvalue weighted by Gasteiger charge is -2.23. The van der Waals surface area contributed by atoms with Gasteiger partial charge in [0.2, 0.25) is 0 Å². The molecular formula is C16H18N2O2. The SMILES string of the molecule is CCOC(=O)c1cccc(N)c1N(C)c1ccccc1. The molecule has 2 rings (SSSR count). The summed E-state index contributed by atoms with van der Waals surface area (Å²) in [6.07, 6.45) is 0. The first-order valence-electron chi connectivity index (χ1n) is 6.49. The predicted molar refractivity (Wildman–Crippen MR) is 81.3 cm³/mol. The number of nitrogens with two attached hydrogens (primary N) is 1. The van der Waals surface area contributed by atoms with Crippen molar-refractivity contribution >= 4 is 23.0 Å². The minimum absolute atomic E-state index is 0.335. The van der Waals surface area contributed by atoms with Crippen LogP contribution in [0.4, 0.5) is 17.1 Å². The summed E-state index contributed by atoms with van der Waals surface area (Å²) < 4.78 is 5.09. The maximum atomic E-state index is 12.0. The van der Waals surface area contributed by atoms with Crippen molar-refractivity contribution in [1.82, 2.24) is 0 Å². The van der Waals surface area contributed by atoms with E-state index in [9.17, 15) is 4.79 Å². The fourth-order valence-corrected chi connectivity index (χ4v) is 2.09. The molecule has 0 amide bonds. The summed E-state index contributed by atoms with van der Waals surface area (Å²) in [4.78, 5) is 13.9. The zero-order chi connectivity index (χ0) is 14.5. The van der Waals surface area contributed by atoms with E-state index < -0.39 is 0 Å². The Labute approximate surface area is 118 Å². The van der Waals surface area contributed by atoms with Crippen LogP contribution in [0.25, 0.3) is 0 Å². The molecule has 0 heterocycles. The van der Waals surface area contributed by atoms with E-state index in [0.29, 0.717) is 23.5 Å². The van der Waals surface area contributed by atoms with Gasteiger partial charge >= 0.3 is 5.97 Å². The summed E-state index contributed by atoms with van der Waals surface area (Å²) in [6, 6.07) is 15.0. The molecule has 0 radical (unpaired) electrons. The molecule has 0 aromatic heterocycles. The van der Waals surface area contributed by atoms with Crippen LogP contribution in [0.1, 0.15) is 17.3 Å². The van der Waals surface area contributed by atoms with E-state index >= 15 is 0 Å². The molecule has 0 atom stereocenters. The minimum Gasteiger partial charge on any atom is -0.462 e. The van der Waals surface area contributed by atoms with Gasteiger partial charge in [0.15, 0.2) is 0 Å². The van der Waals surface area contributed by atoms with Crippen molar-refractivity contribution < 1.29 is 9.53 Å². The lowest BCUT2D eigenvalue weighted by atomic mass is 10.1. The van der Waals surface area contributed by atoms with Gasteiger partial charge in [0, 0.05) is 12.7 Å². The van der Waals surface area contributed by atoms with E-state index in [0.717, 1.165) is 5.69 Å².